The van der Waals surface area contributed by atoms with E-state index in [1.165, 1.54) is 13.5 Å². The van der Waals surface area contributed by atoms with Gasteiger partial charge in [0.25, 0.3) is 0 Å². The number of rotatable bonds is 1. The third kappa shape index (κ3) is 8.15. The largest absolute Gasteiger partial charge is 2.00 e. The summed E-state index contributed by atoms with van der Waals surface area (Å²) in [6, 6.07) is 7.11. The zero-order chi connectivity index (χ0) is 22.9. The average Bonchev–Trinajstić information content (AvgIpc) is 3.34. The van der Waals surface area contributed by atoms with E-state index in [4.69, 9.17) is 9.30 Å². The van der Waals surface area contributed by atoms with Crippen LogP contribution in [0, 0.1) is 120 Å². The van der Waals surface area contributed by atoms with Gasteiger partial charge in [-0.3, -0.25) is 4.79 Å². The molecule has 0 N–H and O–H groups in total. The smallest absolute Gasteiger partial charge is 0.0312 e. The number of carbonyl (C=O) groups is 1. The number of hydrogen-bond acceptors (Lipinski definition) is 6. The van der Waals surface area contributed by atoms with Crippen LogP contribution in [0.1, 0.15) is 19.8 Å². The molecule has 2 saturated carbocycles. The van der Waals surface area contributed by atoms with E-state index in [0.717, 1.165) is 0 Å². The maximum Gasteiger partial charge on any atom is 2.00 e. The minimum Gasteiger partial charge on any atom is -0.0312 e. The second-order valence-corrected chi connectivity index (χ2v) is 5.58. The summed E-state index contributed by atoms with van der Waals surface area (Å²) in [6.07, 6.45) is 11.1. The molecule has 8 nitrogen and oxygen atoms in total. The van der Waals surface area contributed by atoms with E-state index >= 15 is 0 Å². The Morgan fingerprint density at radius 2 is 1.23 bits per heavy atom. The van der Waals surface area contributed by atoms with E-state index in [0.29, 0.717) is 5.92 Å². The van der Waals surface area contributed by atoms with Crippen LogP contribution in [0.25, 0.3) is 0 Å². The fourth-order valence-corrected chi connectivity index (χ4v) is 2.58. The Balaban J connectivity index is -0.000000613. The number of carbonyl (C=O) groups excluding carboxylic acids is 1. The molecular formula is C21H16N4O4W+2. The van der Waals surface area contributed by atoms with Crippen molar-refractivity contribution in [2.45, 2.75) is 19.8 Å². The van der Waals surface area contributed by atoms with Gasteiger partial charge < -0.3 is 4.74 Å². The van der Waals surface area contributed by atoms with Crippen LogP contribution in [-0.4, -0.2) is 13.1 Å². The fraction of sp³-hybridized carbons (Fsp3) is 0.286. The summed E-state index contributed by atoms with van der Waals surface area (Å²) < 4.78 is 19.6. The van der Waals surface area contributed by atoms with E-state index < -0.39 is 16.8 Å². The number of ether oxygens (including phenoxy) is 1. The predicted molar refractivity (Wildman–Crippen MR) is 94.4 cm³/mol. The van der Waals surface area contributed by atoms with Crippen molar-refractivity contribution < 1.29 is 39.9 Å². The van der Waals surface area contributed by atoms with Gasteiger partial charge in [-0.1, -0.05) is 6.92 Å². The molecule has 2 aliphatic rings. The molecule has 9 heteroatoms. The molecule has 0 unspecified atom stereocenters. The molecular weight excluding hydrogens is 556 g/mol. The van der Waals surface area contributed by atoms with E-state index in [2.05, 4.69) is 18.0 Å². The Hall–Kier alpha value is -2.40. The molecule has 0 saturated heterocycles. The minimum atomic E-state index is -1.91. The first-order chi connectivity index (χ1) is 13.9. The topological polar surface area (TPSA) is 161 Å². The minimum absolute atomic E-state index is 0. The molecule has 0 atom stereocenters. The molecule has 2 fully saturated rings. The van der Waals surface area contributed by atoms with Crippen LogP contribution in [0.4, 0.5) is 0 Å². The molecule has 0 aromatic heterocycles. The zero-order valence-electron chi connectivity index (χ0n) is 16.2. The summed E-state index contributed by atoms with van der Waals surface area (Å²) in [6.45, 7) is 10.6. The van der Waals surface area contributed by atoms with Crippen LogP contribution in [0.3, 0.4) is 0 Å². The molecule has 2 rings (SSSR count). The maximum atomic E-state index is 11.7. The molecule has 0 bridgehead atoms. The van der Waals surface area contributed by atoms with Gasteiger partial charge in [0.1, 0.15) is 0 Å². The van der Waals surface area contributed by atoms with Crippen LogP contribution in [0.2, 0.25) is 0 Å². The van der Waals surface area contributed by atoms with Crippen molar-refractivity contribution in [2.75, 3.05) is 7.11 Å². The standard InChI is InChI=1S/C14H11N4O2.C5H5.2CO.W/c1-10-3-11(12(19)20-2)5-14(8-17,9-18)13(4-10,6-15)7-16;1-2-4-5-3-1;2*1-2;/h3H,4-5H2,1-2H3;1-5H;;;/q;;;;+2. The fourth-order valence-electron chi connectivity index (χ4n) is 2.58. The third-order valence-electron chi connectivity index (χ3n) is 3.92. The van der Waals surface area contributed by atoms with Crippen LogP contribution >= 0.6 is 0 Å². The summed E-state index contributed by atoms with van der Waals surface area (Å²) in [7, 11) is 1.19. The first kappa shape index (κ1) is 32.3. The Labute approximate surface area is 192 Å². The van der Waals surface area contributed by atoms with Crippen LogP contribution < -0.4 is 0 Å². The van der Waals surface area contributed by atoms with Crippen LogP contribution in [-0.2, 0) is 39.9 Å². The van der Waals surface area contributed by atoms with Crippen molar-refractivity contribution in [3.05, 3.63) is 63.7 Å². The van der Waals surface area contributed by atoms with Gasteiger partial charge in [-0.05, 0) is 57.3 Å². The predicted octanol–water partition coefficient (Wildman–Crippen LogP) is 2.34. The summed E-state index contributed by atoms with van der Waals surface area (Å²) in [5.41, 5.74) is -3.72. The van der Waals surface area contributed by atoms with Gasteiger partial charge in [0.05, 0.1) is 37.3 Å². The number of esters is 1. The number of nitriles is 4. The molecule has 0 heterocycles. The van der Waals surface area contributed by atoms with E-state index in [1.807, 2.05) is 32.1 Å². The van der Waals surface area contributed by atoms with E-state index in [-0.39, 0.29) is 39.8 Å². The van der Waals surface area contributed by atoms with Gasteiger partial charge in [-0.15, -0.1) is 0 Å². The van der Waals surface area contributed by atoms with Crippen molar-refractivity contribution in [3.8, 4) is 24.3 Å². The third-order valence-corrected chi connectivity index (χ3v) is 3.92. The monoisotopic (exact) mass is 572 g/mol. The van der Waals surface area contributed by atoms with Crippen molar-refractivity contribution in [1.82, 2.24) is 0 Å². The van der Waals surface area contributed by atoms with Crippen molar-refractivity contribution in [2.24, 2.45) is 10.8 Å². The van der Waals surface area contributed by atoms with Gasteiger partial charge >= 0.3 is 49.6 Å². The second-order valence-electron chi connectivity index (χ2n) is 5.58. The summed E-state index contributed by atoms with van der Waals surface area (Å²) >= 11 is 0. The molecule has 2 aliphatic carbocycles. The summed E-state index contributed by atoms with van der Waals surface area (Å²) in [4.78, 5) is 11.7. The molecule has 8 radical (unpaired) electrons. The van der Waals surface area contributed by atoms with Crippen molar-refractivity contribution in [1.29, 1.82) is 21.0 Å². The number of methoxy groups -OCH3 is 1. The number of hydrogen-bond donors (Lipinski definition) is 0. The van der Waals surface area contributed by atoms with Crippen molar-refractivity contribution in [3.63, 3.8) is 0 Å². The Bertz CT molecular complexity index is 691. The number of nitrogens with zero attached hydrogens (tertiary/aromatic N) is 4. The molecule has 0 aliphatic heterocycles. The molecule has 148 valence electrons. The second kappa shape index (κ2) is 17.5. The first-order valence-corrected chi connectivity index (χ1v) is 7.78. The average molecular weight is 572 g/mol. The summed E-state index contributed by atoms with van der Waals surface area (Å²) in [5, 5.41) is 37.4. The molecule has 0 aromatic carbocycles. The first-order valence-electron chi connectivity index (χ1n) is 7.78. The summed E-state index contributed by atoms with van der Waals surface area (Å²) in [5.74, 6) is 0.00672. The normalized spacial score (nSPS) is 18.3. The van der Waals surface area contributed by atoms with Gasteiger partial charge in [0.15, 0.2) is 10.8 Å². The Kier molecular flexibility index (Phi) is 18.8. The van der Waals surface area contributed by atoms with Gasteiger partial charge in [-0.25, -0.2) is 0 Å². The SMILES string of the molecule is COC(=O)[C]1[CH][C](C)CC(C#N)(C#N)C(C#N)(C#N)C1.[C-]#[O+].[C-]#[O+].[CH]1[CH][CH][CH][CH]1.[W+2]. The molecule has 0 amide bonds. The molecule has 0 spiro atoms. The van der Waals surface area contributed by atoms with Crippen LogP contribution in [0.5, 0.6) is 0 Å². The van der Waals surface area contributed by atoms with Gasteiger partial charge in [0.2, 0.25) is 0 Å². The van der Waals surface area contributed by atoms with E-state index in [1.54, 1.807) is 31.2 Å². The van der Waals surface area contributed by atoms with Crippen LogP contribution in [0.15, 0.2) is 0 Å². The molecule has 0 aromatic rings. The maximum absolute atomic E-state index is 11.7. The zero-order valence-corrected chi connectivity index (χ0v) is 19.1. The van der Waals surface area contributed by atoms with Gasteiger partial charge in [0, 0.05) is 0 Å². The van der Waals surface area contributed by atoms with Gasteiger partial charge in [-0.2, -0.15) is 21.0 Å². The Morgan fingerprint density at radius 3 is 1.53 bits per heavy atom. The molecule has 30 heavy (non-hydrogen) atoms. The van der Waals surface area contributed by atoms with Crippen molar-refractivity contribution >= 4 is 5.97 Å². The quantitative estimate of drug-likeness (QED) is 0.203. The Morgan fingerprint density at radius 1 is 0.900 bits per heavy atom. The van der Waals surface area contributed by atoms with E-state index in [9.17, 15) is 25.8 Å².